The van der Waals surface area contributed by atoms with Gasteiger partial charge in [-0.25, -0.2) is 36.8 Å². The van der Waals surface area contributed by atoms with Crippen LogP contribution in [-0.2, 0) is 50.1 Å². The van der Waals surface area contributed by atoms with Gasteiger partial charge in [-0.15, -0.1) is 20.4 Å². The number of aryl methyl sites for hydroxylation is 2. The summed E-state index contributed by atoms with van der Waals surface area (Å²) in [5, 5.41) is 15.6. The summed E-state index contributed by atoms with van der Waals surface area (Å²) in [7, 11) is -1.51. The molecule has 0 bridgehead atoms. The molecule has 2 aliphatic rings. The van der Waals surface area contributed by atoms with E-state index >= 15 is 0 Å². The maximum absolute atomic E-state index is 13.9. The Hall–Kier alpha value is -6.18. The highest BCUT2D eigenvalue weighted by Gasteiger charge is 2.39. The third-order valence-electron chi connectivity index (χ3n) is 13.3. The molecular weight excluding hydrogens is 1040 g/mol. The van der Waals surface area contributed by atoms with E-state index in [1.165, 1.54) is 0 Å². The van der Waals surface area contributed by atoms with Crippen molar-refractivity contribution < 1.29 is 54.7 Å². The molecule has 0 aliphatic carbocycles. The molecule has 6 atom stereocenters. The fourth-order valence-electron chi connectivity index (χ4n) is 9.19. The number of rotatable bonds is 22. The van der Waals surface area contributed by atoms with Crippen molar-refractivity contribution in [3.63, 3.8) is 0 Å². The van der Waals surface area contributed by atoms with Gasteiger partial charge < -0.3 is 37.9 Å². The van der Waals surface area contributed by atoms with Crippen molar-refractivity contribution in [2.75, 3.05) is 41.7 Å². The van der Waals surface area contributed by atoms with Gasteiger partial charge in [0.2, 0.25) is 0 Å². The predicted molar refractivity (Wildman–Crippen MR) is 290 cm³/mol. The maximum Gasteiger partial charge on any atom is 0.167 e. The van der Waals surface area contributed by atoms with E-state index in [-0.39, 0.29) is 36.1 Å². The first kappa shape index (κ1) is 59.5. The first-order valence-electron chi connectivity index (χ1n) is 26.2. The van der Waals surface area contributed by atoms with Crippen LogP contribution in [-0.4, -0.2) is 131 Å². The Balaban J connectivity index is 0.000000226. The minimum absolute atomic E-state index is 0.224. The highest BCUT2D eigenvalue weighted by atomic mass is 32.2. The Kier molecular flexibility index (Phi) is 20.3. The molecule has 2 saturated heterocycles. The molecule has 2 aromatic carbocycles. The number of nitrogens with zero attached hydrogens (tertiary/aromatic N) is 10. The number of hydrogen-bond acceptors (Lipinski definition) is 20. The minimum atomic E-state index is -3.85. The summed E-state index contributed by atoms with van der Waals surface area (Å²) in [6, 6.07) is 10.7. The Morgan fingerprint density at radius 2 is 0.859 bits per heavy atom. The van der Waals surface area contributed by atoms with Crippen molar-refractivity contribution in [1.82, 2.24) is 49.5 Å². The van der Waals surface area contributed by atoms with Gasteiger partial charge in [0, 0.05) is 38.0 Å². The average Bonchev–Trinajstić information content (AvgIpc) is 4.04. The van der Waals surface area contributed by atoms with Crippen molar-refractivity contribution >= 4 is 19.7 Å². The van der Waals surface area contributed by atoms with E-state index in [1.54, 1.807) is 113 Å². The topological polar surface area (TPSA) is 255 Å². The Morgan fingerprint density at radius 1 is 0.526 bits per heavy atom. The largest absolute Gasteiger partial charge is 0.494 e. The van der Waals surface area contributed by atoms with E-state index in [2.05, 4.69) is 40.3 Å². The summed E-state index contributed by atoms with van der Waals surface area (Å²) in [5.74, 6) is 3.25. The van der Waals surface area contributed by atoms with Gasteiger partial charge in [0.05, 0.1) is 51.1 Å². The van der Waals surface area contributed by atoms with Crippen LogP contribution in [0.25, 0.3) is 11.4 Å². The monoisotopic (exact) mass is 1120 g/mol. The molecule has 424 valence electrons. The van der Waals surface area contributed by atoms with Gasteiger partial charge in [0.25, 0.3) is 0 Å². The second kappa shape index (κ2) is 26.6. The maximum atomic E-state index is 13.9. The molecule has 0 saturated carbocycles. The van der Waals surface area contributed by atoms with E-state index in [0.717, 1.165) is 49.7 Å². The van der Waals surface area contributed by atoms with E-state index in [9.17, 15) is 16.8 Å². The highest BCUT2D eigenvalue weighted by Crippen LogP contribution is 2.40. The van der Waals surface area contributed by atoms with E-state index in [4.69, 9.17) is 37.9 Å². The quantitative estimate of drug-likeness (QED) is 0.0620. The summed E-state index contributed by atoms with van der Waals surface area (Å²) < 4.78 is 106. The number of aromatic nitrogens is 10. The molecule has 8 rings (SSSR count). The van der Waals surface area contributed by atoms with Gasteiger partial charge in [-0.05, 0) is 129 Å². The second-order valence-electron chi connectivity index (χ2n) is 19.8. The van der Waals surface area contributed by atoms with Gasteiger partial charge >= 0.3 is 0 Å². The normalized spacial score (nSPS) is 17.7. The summed E-state index contributed by atoms with van der Waals surface area (Å²) in [5.41, 5.74) is 2.78. The highest BCUT2D eigenvalue weighted by molar-refractivity contribution is 7.91. The van der Waals surface area contributed by atoms with Crippen LogP contribution in [0.3, 0.4) is 0 Å². The number of benzene rings is 2. The zero-order valence-electron chi connectivity index (χ0n) is 46.7. The van der Waals surface area contributed by atoms with E-state index in [1.807, 2.05) is 41.5 Å². The van der Waals surface area contributed by atoms with Crippen molar-refractivity contribution in [3.05, 3.63) is 107 Å². The number of sulfone groups is 2. The van der Waals surface area contributed by atoms with E-state index < -0.39 is 53.9 Å². The zero-order chi connectivity index (χ0) is 56.3. The number of hydrogen-bond donors (Lipinski definition) is 0. The molecule has 0 spiro atoms. The molecule has 6 heterocycles. The van der Waals surface area contributed by atoms with Crippen LogP contribution in [0, 0.1) is 13.8 Å². The molecule has 6 aromatic rings. The molecule has 0 radical (unpaired) electrons. The standard InChI is InChI=1S/2C27H37N5O6S/c2*1-17(2)38-25(26-28-14-18(3)15-29-26)19(4)39(33,34)16-23-30-31-27(22-10-7-8-13-37-22)32(23)24-20(35-5)11-9-12-21(24)36-6/h2*9,11-12,14-15,17,19,22,25H,7-8,10,13,16H2,1-6H3/t19-,22+,25+;19-,22-,25+/m00/s1. The molecule has 0 N–H and O–H groups in total. The lowest BCUT2D eigenvalue weighted by Crippen LogP contribution is -2.32. The van der Waals surface area contributed by atoms with Crippen LogP contribution in [0.5, 0.6) is 23.0 Å². The smallest absolute Gasteiger partial charge is 0.167 e. The van der Waals surface area contributed by atoms with Crippen LogP contribution >= 0.6 is 0 Å². The third-order valence-corrected chi connectivity index (χ3v) is 17.4. The first-order chi connectivity index (χ1) is 37.3. The summed E-state index contributed by atoms with van der Waals surface area (Å²) >= 11 is 0. The van der Waals surface area contributed by atoms with Crippen LogP contribution in [0.2, 0.25) is 0 Å². The van der Waals surface area contributed by atoms with Gasteiger partial charge in [0.15, 0.2) is 54.6 Å². The lowest BCUT2D eigenvalue weighted by Gasteiger charge is -2.26. The SMILES string of the molecule is COc1cccc(OC)c1-n1c(CS(=O)(=O)[C@@H](C)[C@@H](OC(C)C)c2ncc(C)cn2)nnc1[C@@H]1CCCCO1.COc1cccc(OC)c1-n1c(CS(=O)(=O)[C@@H](C)[C@@H](OC(C)C)c2ncc(C)cn2)nnc1[C@H]1CCCCO1. The molecule has 2 fully saturated rings. The number of methoxy groups -OCH3 is 4. The van der Waals surface area contributed by atoms with Crippen LogP contribution in [0.4, 0.5) is 0 Å². The Labute approximate surface area is 457 Å². The average molecular weight is 1120 g/mol. The number of para-hydroxylation sites is 2. The van der Waals surface area contributed by atoms with Crippen molar-refractivity contribution in [2.24, 2.45) is 0 Å². The lowest BCUT2D eigenvalue weighted by molar-refractivity contribution is 0.00119. The molecule has 4 aromatic heterocycles. The number of ether oxygens (including phenoxy) is 8. The summed E-state index contributed by atoms with van der Waals surface area (Å²) in [6.07, 6.45) is 9.05. The Morgan fingerprint density at radius 3 is 1.14 bits per heavy atom. The third kappa shape index (κ3) is 14.0. The molecule has 24 heteroatoms. The van der Waals surface area contributed by atoms with Crippen molar-refractivity contribution in [2.45, 2.75) is 153 Å². The molecule has 78 heavy (non-hydrogen) atoms. The van der Waals surface area contributed by atoms with E-state index in [0.29, 0.717) is 70.9 Å². The van der Waals surface area contributed by atoms with Gasteiger partial charge in [0.1, 0.15) is 70.3 Å². The van der Waals surface area contributed by atoms with Crippen molar-refractivity contribution in [3.8, 4) is 34.4 Å². The lowest BCUT2D eigenvalue weighted by atomic mass is 10.1. The fraction of sp³-hybridized carbons (Fsp3) is 0.556. The van der Waals surface area contributed by atoms with Gasteiger partial charge in [-0.2, -0.15) is 0 Å². The summed E-state index contributed by atoms with van der Waals surface area (Å²) in [4.78, 5) is 17.5. The fourth-order valence-corrected chi connectivity index (χ4v) is 11.9. The zero-order valence-corrected chi connectivity index (χ0v) is 48.3. The molecule has 0 amide bonds. The summed E-state index contributed by atoms with van der Waals surface area (Å²) in [6.45, 7) is 15.5. The van der Waals surface area contributed by atoms with Crippen LogP contribution < -0.4 is 18.9 Å². The van der Waals surface area contributed by atoms with Crippen molar-refractivity contribution in [1.29, 1.82) is 0 Å². The molecular formula is C54H74N10O12S2. The van der Waals surface area contributed by atoms with Crippen LogP contribution in [0.15, 0.2) is 61.2 Å². The second-order valence-corrected chi connectivity index (χ2v) is 24.5. The predicted octanol–water partition coefficient (Wildman–Crippen LogP) is 8.19. The van der Waals surface area contributed by atoms with Gasteiger partial charge in [-0.3, -0.25) is 9.13 Å². The first-order valence-corrected chi connectivity index (χ1v) is 29.6. The van der Waals surface area contributed by atoms with Crippen LogP contribution in [0.1, 0.15) is 151 Å². The van der Waals surface area contributed by atoms with Gasteiger partial charge in [-0.1, -0.05) is 12.1 Å². The molecule has 0 unspecified atom stereocenters. The molecule has 2 aliphatic heterocycles. The minimum Gasteiger partial charge on any atom is -0.494 e. The molecule has 22 nitrogen and oxygen atoms in total. The Bertz CT molecular complexity index is 2870.